The van der Waals surface area contributed by atoms with E-state index in [1.165, 1.54) is 34.9 Å². The highest BCUT2D eigenvalue weighted by Crippen LogP contribution is 2.38. The second-order valence-corrected chi connectivity index (χ2v) is 6.18. The van der Waals surface area contributed by atoms with E-state index in [-0.39, 0.29) is 11.2 Å². The predicted molar refractivity (Wildman–Crippen MR) is 83.7 cm³/mol. The topological polar surface area (TPSA) is 32.3 Å². The molecule has 1 aliphatic rings. The number of thioether (sulfide) groups is 1. The SMILES string of the molecule is O=C(Nc1c(F)cccc1F)N1CCS[C@H]1c1ccc(F)cc1. The Hall–Kier alpha value is -2.15. The zero-order valence-corrected chi connectivity index (χ0v) is 12.7. The van der Waals surface area contributed by atoms with Crippen molar-refractivity contribution in [3.63, 3.8) is 0 Å². The maximum absolute atomic E-state index is 13.6. The van der Waals surface area contributed by atoms with Crippen molar-refractivity contribution in [2.45, 2.75) is 5.37 Å². The van der Waals surface area contributed by atoms with Crippen LogP contribution >= 0.6 is 11.8 Å². The molecule has 0 bridgehead atoms. The number of rotatable bonds is 2. The number of halogens is 3. The van der Waals surface area contributed by atoms with Crippen molar-refractivity contribution in [1.29, 1.82) is 0 Å². The van der Waals surface area contributed by atoms with Crippen LogP contribution in [0.2, 0.25) is 0 Å². The minimum atomic E-state index is -0.830. The molecule has 23 heavy (non-hydrogen) atoms. The number of amides is 2. The lowest BCUT2D eigenvalue weighted by molar-refractivity contribution is 0.214. The first-order chi connectivity index (χ1) is 11.1. The van der Waals surface area contributed by atoms with Gasteiger partial charge in [0.05, 0.1) is 0 Å². The van der Waals surface area contributed by atoms with Crippen molar-refractivity contribution in [2.24, 2.45) is 0 Å². The molecule has 3 nitrogen and oxygen atoms in total. The molecule has 3 rings (SSSR count). The van der Waals surface area contributed by atoms with Crippen LogP contribution in [0.25, 0.3) is 0 Å². The number of carbonyl (C=O) groups is 1. The molecular formula is C16H13F3N2OS. The van der Waals surface area contributed by atoms with Crippen LogP contribution in [-0.2, 0) is 0 Å². The van der Waals surface area contributed by atoms with Gasteiger partial charge in [0, 0.05) is 12.3 Å². The molecule has 2 aromatic carbocycles. The number of hydrogen-bond acceptors (Lipinski definition) is 2. The zero-order valence-electron chi connectivity index (χ0n) is 11.9. The first-order valence-electron chi connectivity index (χ1n) is 6.95. The van der Waals surface area contributed by atoms with Gasteiger partial charge in [-0.1, -0.05) is 18.2 Å². The van der Waals surface area contributed by atoms with E-state index in [1.54, 1.807) is 12.1 Å². The number of benzene rings is 2. The normalized spacial score (nSPS) is 17.3. The van der Waals surface area contributed by atoms with Crippen LogP contribution in [0.1, 0.15) is 10.9 Å². The molecule has 0 unspecified atom stereocenters. The molecule has 0 aliphatic carbocycles. The third-order valence-corrected chi connectivity index (χ3v) is 4.76. The zero-order chi connectivity index (χ0) is 16.4. The van der Waals surface area contributed by atoms with Gasteiger partial charge in [-0.3, -0.25) is 0 Å². The highest BCUT2D eigenvalue weighted by molar-refractivity contribution is 7.99. The van der Waals surface area contributed by atoms with Gasteiger partial charge in [0.25, 0.3) is 0 Å². The van der Waals surface area contributed by atoms with E-state index in [0.717, 1.165) is 17.7 Å². The van der Waals surface area contributed by atoms with Crippen LogP contribution in [0.4, 0.5) is 23.7 Å². The second-order valence-electron chi connectivity index (χ2n) is 4.99. The summed E-state index contributed by atoms with van der Waals surface area (Å²) in [5, 5.41) is 1.97. The number of anilines is 1. The number of hydrogen-bond donors (Lipinski definition) is 1. The van der Waals surface area contributed by atoms with E-state index >= 15 is 0 Å². The van der Waals surface area contributed by atoms with Gasteiger partial charge < -0.3 is 10.2 Å². The van der Waals surface area contributed by atoms with Crippen LogP contribution < -0.4 is 5.32 Å². The highest BCUT2D eigenvalue weighted by Gasteiger charge is 2.31. The molecule has 0 radical (unpaired) electrons. The summed E-state index contributed by atoms with van der Waals surface area (Å²) in [7, 11) is 0. The smallest absolute Gasteiger partial charge is 0.308 e. The summed E-state index contributed by atoms with van der Waals surface area (Å²) in [4.78, 5) is 13.8. The lowest BCUT2D eigenvalue weighted by Gasteiger charge is -2.24. The van der Waals surface area contributed by atoms with Crippen LogP contribution in [0, 0.1) is 17.5 Å². The molecule has 7 heteroatoms. The molecule has 1 N–H and O–H groups in total. The summed E-state index contributed by atoms with van der Waals surface area (Å²) in [6.45, 7) is 0.439. The first kappa shape index (κ1) is 15.7. The second kappa shape index (κ2) is 6.54. The Morgan fingerprint density at radius 3 is 2.39 bits per heavy atom. The van der Waals surface area contributed by atoms with Gasteiger partial charge in [-0.15, -0.1) is 11.8 Å². The molecule has 0 spiro atoms. The third kappa shape index (κ3) is 3.29. The van der Waals surface area contributed by atoms with Gasteiger partial charge in [0.2, 0.25) is 0 Å². The minimum Gasteiger partial charge on any atom is -0.308 e. The van der Waals surface area contributed by atoms with Crippen molar-refractivity contribution in [3.8, 4) is 0 Å². The van der Waals surface area contributed by atoms with E-state index in [2.05, 4.69) is 5.32 Å². The number of nitrogens with one attached hydrogen (secondary N) is 1. The molecule has 0 saturated carbocycles. The standard InChI is InChI=1S/C16H13F3N2OS/c17-11-6-4-10(5-7-11)15-21(8-9-23-15)16(22)20-14-12(18)2-1-3-13(14)19/h1-7,15H,8-9H2,(H,20,22)/t15-/m0/s1. The number of para-hydroxylation sites is 1. The monoisotopic (exact) mass is 338 g/mol. The summed E-state index contributed by atoms with van der Waals surface area (Å²) < 4.78 is 40.3. The van der Waals surface area contributed by atoms with E-state index in [0.29, 0.717) is 12.3 Å². The van der Waals surface area contributed by atoms with E-state index in [4.69, 9.17) is 0 Å². The summed E-state index contributed by atoms with van der Waals surface area (Å²) in [6.07, 6.45) is 0. The molecule has 2 amide bonds. The lowest BCUT2D eigenvalue weighted by Crippen LogP contribution is -2.34. The van der Waals surface area contributed by atoms with E-state index in [9.17, 15) is 18.0 Å². The Bertz CT molecular complexity index is 704. The van der Waals surface area contributed by atoms with Crippen LogP contribution in [0.3, 0.4) is 0 Å². The Balaban J connectivity index is 1.80. The Morgan fingerprint density at radius 2 is 1.74 bits per heavy atom. The fourth-order valence-electron chi connectivity index (χ4n) is 2.38. The molecule has 1 saturated heterocycles. The van der Waals surface area contributed by atoms with Crippen molar-refractivity contribution < 1.29 is 18.0 Å². The van der Waals surface area contributed by atoms with Crippen molar-refractivity contribution >= 4 is 23.5 Å². The van der Waals surface area contributed by atoms with Gasteiger partial charge in [0.1, 0.15) is 28.5 Å². The molecule has 0 aromatic heterocycles. The van der Waals surface area contributed by atoms with E-state index in [1.807, 2.05) is 0 Å². The average molecular weight is 338 g/mol. The maximum atomic E-state index is 13.6. The van der Waals surface area contributed by atoms with Crippen molar-refractivity contribution in [2.75, 3.05) is 17.6 Å². The fourth-order valence-corrected chi connectivity index (χ4v) is 3.63. The molecule has 1 fully saturated rings. The summed E-state index contributed by atoms with van der Waals surface area (Å²) >= 11 is 1.51. The van der Waals surface area contributed by atoms with Gasteiger partial charge >= 0.3 is 6.03 Å². The molecule has 120 valence electrons. The third-order valence-electron chi connectivity index (χ3n) is 3.50. The molecule has 1 heterocycles. The lowest BCUT2D eigenvalue weighted by atomic mass is 10.2. The highest BCUT2D eigenvalue weighted by atomic mass is 32.2. The largest absolute Gasteiger partial charge is 0.323 e. The maximum Gasteiger partial charge on any atom is 0.323 e. The minimum absolute atomic E-state index is 0.314. The summed E-state index contributed by atoms with van der Waals surface area (Å²) in [5.41, 5.74) is 0.297. The Kier molecular flexibility index (Phi) is 4.47. The average Bonchev–Trinajstić information content (AvgIpc) is 3.01. The molecule has 1 atom stereocenters. The number of nitrogens with zero attached hydrogens (tertiary/aromatic N) is 1. The first-order valence-corrected chi connectivity index (χ1v) is 8.00. The van der Waals surface area contributed by atoms with Crippen LogP contribution in [-0.4, -0.2) is 23.2 Å². The quantitative estimate of drug-likeness (QED) is 0.881. The van der Waals surface area contributed by atoms with Crippen molar-refractivity contribution in [1.82, 2.24) is 4.90 Å². The van der Waals surface area contributed by atoms with Gasteiger partial charge in [0.15, 0.2) is 0 Å². The number of carbonyl (C=O) groups excluding carboxylic acids is 1. The van der Waals surface area contributed by atoms with Crippen LogP contribution in [0.15, 0.2) is 42.5 Å². The fraction of sp³-hybridized carbons (Fsp3) is 0.188. The molecule has 2 aromatic rings. The predicted octanol–water partition coefficient (Wildman–Crippen LogP) is 4.38. The molecule has 1 aliphatic heterocycles. The van der Waals surface area contributed by atoms with Crippen molar-refractivity contribution in [3.05, 3.63) is 65.5 Å². The summed E-state index contributed by atoms with van der Waals surface area (Å²) in [5.74, 6) is -1.33. The summed E-state index contributed by atoms with van der Waals surface area (Å²) in [6, 6.07) is 8.64. The molecular weight excluding hydrogens is 325 g/mol. The van der Waals surface area contributed by atoms with Gasteiger partial charge in [-0.25, -0.2) is 18.0 Å². The van der Waals surface area contributed by atoms with Gasteiger partial charge in [-0.2, -0.15) is 0 Å². The Morgan fingerprint density at radius 1 is 1.09 bits per heavy atom. The van der Waals surface area contributed by atoms with Crippen LogP contribution in [0.5, 0.6) is 0 Å². The van der Waals surface area contributed by atoms with Gasteiger partial charge in [-0.05, 0) is 29.8 Å². The van der Waals surface area contributed by atoms with E-state index < -0.39 is 23.4 Å². The number of urea groups is 1. The Labute approximate surface area is 135 Å².